The van der Waals surface area contributed by atoms with Crippen molar-refractivity contribution in [3.8, 4) is 84.4 Å². The number of para-hydroxylation sites is 2. The highest BCUT2D eigenvalue weighted by Crippen LogP contribution is 2.46. The molecule has 0 aliphatic rings. The lowest BCUT2D eigenvalue weighted by Gasteiger charge is -2.23. The lowest BCUT2D eigenvalue weighted by Crippen LogP contribution is -2.11. The van der Waals surface area contributed by atoms with E-state index in [1.807, 2.05) is 36.4 Å². The molecule has 0 amide bonds. The van der Waals surface area contributed by atoms with E-state index in [0.717, 1.165) is 111 Å². The van der Waals surface area contributed by atoms with E-state index in [1.54, 1.807) is 0 Å². The summed E-state index contributed by atoms with van der Waals surface area (Å²) < 4.78 is 15.5. The van der Waals surface area contributed by atoms with Crippen molar-refractivity contribution < 1.29 is 8.83 Å². The average Bonchev–Trinajstić information content (AvgIpc) is 3.18. The van der Waals surface area contributed by atoms with Gasteiger partial charge < -0.3 is 13.4 Å². The molecule has 0 aliphatic heterocycles. The van der Waals surface area contributed by atoms with Gasteiger partial charge in [-0.1, -0.05) is 211 Å². The first-order valence-electron chi connectivity index (χ1n) is 28.6. The summed E-state index contributed by atoms with van der Waals surface area (Å²) in [7, 11) is 0. The summed E-state index contributed by atoms with van der Waals surface area (Å²) in [6, 6.07) is 87.1. The molecule has 0 spiro atoms. The van der Waals surface area contributed by atoms with Crippen LogP contribution in [0, 0.1) is 0 Å². The third-order valence-corrected chi connectivity index (χ3v) is 16.6. The van der Waals surface area contributed by atoms with Crippen molar-refractivity contribution in [2.45, 2.75) is 52.4 Å². The first-order chi connectivity index (χ1) is 40.4. The summed E-state index contributed by atoms with van der Waals surface area (Å²) in [6.07, 6.45) is 0. The maximum atomic E-state index is 6.49. The standard InChI is InChI=1S/C77H58N4O2/c1-76(2,3)56-33-25-49(26-34-56)62-43-55(75-79-73(53-29-37-60-58-21-13-15-23-68(58)82-70(60)45-53)78-74(80-75)54-30-38-61-59-22-14-16-24-69(59)83-71(61)46-54)44-63(50-27-35-57(36-28-50)77(4,5)6)72(62)81-66-39-31-51(47-17-9-7-10-18-47)41-64(66)65-42-52(32-40-67(65)81)48-19-11-8-12-20-48/h7-46H,1-6H3. The van der Waals surface area contributed by atoms with Crippen molar-refractivity contribution in [2.24, 2.45) is 0 Å². The third kappa shape index (κ3) is 8.77. The minimum atomic E-state index is -0.0582. The Kier molecular flexibility index (Phi) is 11.6. The normalized spacial score (nSPS) is 12.2. The SMILES string of the molecule is CC(C)(C)c1ccc(-c2cc(-c3nc(-c4ccc5c(c4)oc4ccccc45)nc(-c4ccc5c(c4)oc4ccccc45)n3)cc(-c3ccc(C(C)(C)C)cc3)c2-n2c3ccc(-c4ccccc4)cc3c3cc(-c4ccccc4)ccc32)cc1. The third-order valence-electron chi connectivity index (χ3n) is 16.6. The first kappa shape index (κ1) is 49.8. The number of nitrogens with zero attached hydrogens (tertiary/aromatic N) is 4. The summed E-state index contributed by atoms with van der Waals surface area (Å²) in [5, 5.41) is 6.53. The molecule has 6 heteroatoms. The fourth-order valence-electron chi connectivity index (χ4n) is 12.1. The second-order valence-electron chi connectivity index (χ2n) is 24.0. The van der Waals surface area contributed by atoms with Gasteiger partial charge in [-0.25, -0.2) is 15.0 Å². The molecular weight excluding hydrogens is 1010 g/mol. The summed E-state index contributed by atoms with van der Waals surface area (Å²) in [4.78, 5) is 16.3. The van der Waals surface area contributed by atoms with Crippen LogP contribution >= 0.6 is 0 Å². The second kappa shape index (κ2) is 19.2. The Hall–Kier alpha value is -10.2. The summed E-state index contributed by atoms with van der Waals surface area (Å²) in [5.41, 5.74) is 20.2. The lowest BCUT2D eigenvalue weighted by molar-refractivity contribution is 0.590. The van der Waals surface area contributed by atoms with Crippen molar-refractivity contribution in [3.63, 3.8) is 0 Å². The van der Waals surface area contributed by atoms with Crippen LogP contribution in [0.2, 0.25) is 0 Å². The molecule has 0 fully saturated rings. The van der Waals surface area contributed by atoms with E-state index in [4.69, 9.17) is 23.8 Å². The predicted molar refractivity (Wildman–Crippen MR) is 344 cm³/mol. The molecule has 4 aromatic heterocycles. The number of aromatic nitrogens is 4. The molecule has 0 bridgehead atoms. The van der Waals surface area contributed by atoms with Gasteiger partial charge in [-0.05, 0) is 128 Å². The Morgan fingerprint density at radius 3 is 1.06 bits per heavy atom. The highest BCUT2D eigenvalue weighted by atomic mass is 16.3. The van der Waals surface area contributed by atoms with Gasteiger partial charge in [0.2, 0.25) is 0 Å². The minimum absolute atomic E-state index is 0.0582. The van der Waals surface area contributed by atoms with Crippen molar-refractivity contribution in [1.82, 2.24) is 19.5 Å². The van der Waals surface area contributed by atoms with Crippen molar-refractivity contribution in [3.05, 3.63) is 254 Å². The van der Waals surface area contributed by atoms with Crippen LogP contribution < -0.4 is 0 Å². The van der Waals surface area contributed by atoms with Gasteiger partial charge in [-0.15, -0.1) is 0 Å². The van der Waals surface area contributed by atoms with E-state index in [-0.39, 0.29) is 10.8 Å². The Balaban J connectivity index is 1.03. The zero-order valence-electron chi connectivity index (χ0n) is 47.2. The van der Waals surface area contributed by atoms with Crippen molar-refractivity contribution in [2.75, 3.05) is 0 Å². The zero-order valence-corrected chi connectivity index (χ0v) is 47.2. The molecule has 0 atom stereocenters. The van der Waals surface area contributed by atoms with Gasteiger partial charge >= 0.3 is 0 Å². The number of hydrogen-bond acceptors (Lipinski definition) is 5. The number of benzene rings is 11. The van der Waals surface area contributed by atoms with Gasteiger partial charge in [0.25, 0.3) is 0 Å². The van der Waals surface area contributed by atoms with E-state index in [2.05, 4.69) is 252 Å². The molecule has 0 unspecified atom stereocenters. The van der Waals surface area contributed by atoms with E-state index in [0.29, 0.717) is 17.5 Å². The minimum Gasteiger partial charge on any atom is -0.456 e. The molecule has 83 heavy (non-hydrogen) atoms. The molecular formula is C77H58N4O2. The fraction of sp³-hybridized carbons (Fsp3) is 0.104. The van der Waals surface area contributed by atoms with Crippen LogP contribution in [-0.2, 0) is 10.8 Å². The highest BCUT2D eigenvalue weighted by Gasteiger charge is 2.26. The smallest absolute Gasteiger partial charge is 0.164 e. The Morgan fingerprint density at radius 2 is 0.639 bits per heavy atom. The molecule has 11 aromatic carbocycles. The summed E-state index contributed by atoms with van der Waals surface area (Å²) in [6.45, 7) is 13.6. The summed E-state index contributed by atoms with van der Waals surface area (Å²) >= 11 is 0. The van der Waals surface area contributed by atoms with E-state index in [9.17, 15) is 0 Å². The maximum Gasteiger partial charge on any atom is 0.164 e. The van der Waals surface area contributed by atoms with E-state index >= 15 is 0 Å². The Bertz CT molecular complexity index is 4710. The topological polar surface area (TPSA) is 69.9 Å². The molecule has 15 aromatic rings. The number of furan rings is 2. The molecule has 0 N–H and O–H groups in total. The van der Waals surface area contributed by atoms with Crippen molar-refractivity contribution >= 4 is 65.7 Å². The molecule has 0 saturated carbocycles. The maximum absolute atomic E-state index is 6.49. The van der Waals surface area contributed by atoms with Gasteiger partial charge in [0.1, 0.15) is 22.3 Å². The van der Waals surface area contributed by atoms with Gasteiger partial charge in [0, 0.05) is 60.1 Å². The van der Waals surface area contributed by atoms with Crippen LogP contribution in [0.4, 0.5) is 0 Å². The molecule has 4 heterocycles. The monoisotopic (exact) mass is 1070 g/mol. The van der Waals surface area contributed by atoms with Gasteiger partial charge in [0.05, 0.1) is 16.7 Å². The predicted octanol–water partition coefficient (Wildman–Crippen LogP) is 21.0. The quantitative estimate of drug-likeness (QED) is 0.152. The van der Waals surface area contributed by atoms with Gasteiger partial charge in [-0.2, -0.15) is 0 Å². The van der Waals surface area contributed by atoms with E-state index in [1.165, 1.54) is 33.0 Å². The second-order valence-corrected chi connectivity index (χ2v) is 24.0. The lowest BCUT2D eigenvalue weighted by atomic mass is 9.84. The van der Waals surface area contributed by atoms with Crippen LogP contribution in [0.15, 0.2) is 251 Å². The van der Waals surface area contributed by atoms with E-state index < -0.39 is 0 Å². The van der Waals surface area contributed by atoms with Crippen LogP contribution in [-0.4, -0.2) is 19.5 Å². The van der Waals surface area contributed by atoms with Crippen LogP contribution in [0.3, 0.4) is 0 Å². The van der Waals surface area contributed by atoms with Crippen molar-refractivity contribution in [1.29, 1.82) is 0 Å². The zero-order chi connectivity index (χ0) is 56.1. The highest BCUT2D eigenvalue weighted by molar-refractivity contribution is 6.13. The van der Waals surface area contributed by atoms with Crippen LogP contribution in [0.25, 0.3) is 150 Å². The Morgan fingerprint density at radius 1 is 0.277 bits per heavy atom. The molecule has 0 radical (unpaired) electrons. The van der Waals surface area contributed by atoms with Gasteiger partial charge in [-0.3, -0.25) is 0 Å². The van der Waals surface area contributed by atoms with Crippen LogP contribution in [0.5, 0.6) is 0 Å². The van der Waals surface area contributed by atoms with Gasteiger partial charge in [0.15, 0.2) is 17.5 Å². The largest absolute Gasteiger partial charge is 0.456 e. The summed E-state index contributed by atoms with van der Waals surface area (Å²) in [5.74, 6) is 1.59. The molecule has 398 valence electrons. The molecule has 0 aliphatic carbocycles. The first-order valence-corrected chi connectivity index (χ1v) is 28.6. The molecule has 6 nitrogen and oxygen atoms in total. The molecule has 0 saturated heterocycles. The fourth-order valence-corrected chi connectivity index (χ4v) is 12.1. The number of rotatable bonds is 8. The molecule has 15 rings (SSSR count). The number of fused-ring (bicyclic) bond motifs is 9. The Labute approximate surface area is 482 Å². The average molecular weight is 1070 g/mol. The number of hydrogen-bond donors (Lipinski definition) is 0. The van der Waals surface area contributed by atoms with Crippen LogP contribution in [0.1, 0.15) is 52.7 Å².